The molecule has 0 radical (unpaired) electrons. The topological polar surface area (TPSA) is 41.3 Å². The Hall–Kier alpha value is -2.11. The summed E-state index contributed by atoms with van der Waals surface area (Å²) in [5.41, 5.74) is 2.26. The van der Waals surface area contributed by atoms with Crippen molar-refractivity contribution in [1.82, 2.24) is 9.88 Å². The van der Waals surface area contributed by atoms with Gasteiger partial charge < -0.3 is 9.73 Å². The van der Waals surface area contributed by atoms with E-state index < -0.39 is 0 Å². The zero-order chi connectivity index (χ0) is 17.1. The van der Waals surface area contributed by atoms with Crippen molar-refractivity contribution in [3.63, 3.8) is 0 Å². The van der Waals surface area contributed by atoms with Crippen LogP contribution < -0.4 is 5.32 Å². The van der Waals surface area contributed by atoms with Crippen LogP contribution in [0.5, 0.6) is 0 Å². The molecule has 4 nitrogen and oxygen atoms in total. The van der Waals surface area contributed by atoms with Gasteiger partial charge in [-0.25, -0.2) is 4.98 Å². The lowest BCUT2D eigenvalue weighted by Crippen LogP contribution is -2.41. The normalized spacial score (nSPS) is 18.4. The van der Waals surface area contributed by atoms with Crippen LogP contribution in [-0.2, 0) is 6.54 Å². The molecule has 1 aliphatic rings. The smallest absolute Gasteiger partial charge is 0.236 e. The summed E-state index contributed by atoms with van der Waals surface area (Å²) in [7, 11) is 0. The predicted molar refractivity (Wildman–Crippen MR) is 103 cm³/mol. The lowest BCUT2D eigenvalue weighted by molar-refractivity contribution is 0.206. The summed E-state index contributed by atoms with van der Waals surface area (Å²) < 4.78 is 5.88. The molecule has 3 aromatic rings. The molecule has 0 aliphatic carbocycles. The lowest BCUT2D eigenvalue weighted by Gasteiger charge is -2.33. The molecule has 25 heavy (non-hydrogen) atoms. The fourth-order valence-corrected chi connectivity index (χ4v) is 4.03. The van der Waals surface area contributed by atoms with Crippen molar-refractivity contribution in [2.24, 2.45) is 0 Å². The molecule has 4 rings (SSSR count). The number of hydrogen-bond acceptors (Lipinski definition) is 5. The van der Waals surface area contributed by atoms with Gasteiger partial charge in [0.05, 0.1) is 10.6 Å². The number of aryl methyl sites for hydroxylation is 1. The highest BCUT2D eigenvalue weighted by atomic mass is 32.1. The van der Waals surface area contributed by atoms with Crippen LogP contribution in [0.4, 0.5) is 5.69 Å². The van der Waals surface area contributed by atoms with E-state index in [4.69, 9.17) is 9.40 Å². The van der Waals surface area contributed by atoms with Gasteiger partial charge in [0.2, 0.25) is 5.89 Å². The first-order chi connectivity index (χ1) is 12.3. The number of benzene rings is 1. The van der Waals surface area contributed by atoms with E-state index in [0.717, 1.165) is 41.9 Å². The first-order valence-electron chi connectivity index (χ1n) is 8.82. The molecule has 0 amide bonds. The first-order valence-corrected chi connectivity index (χ1v) is 9.70. The van der Waals surface area contributed by atoms with Crippen molar-refractivity contribution in [2.45, 2.75) is 32.4 Å². The van der Waals surface area contributed by atoms with Gasteiger partial charge in [0.15, 0.2) is 0 Å². The molecular formula is C20H23N3OS. The Morgan fingerprint density at radius 2 is 2.12 bits per heavy atom. The fourth-order valence-electron chi connectivity index (χ4n) is 3.38. The monoisotopic (exact) mass is 353 g/mol. The van der Waals surface area contributed by atoms with Gasteiger partial charge in [0.25, 0.3) is 0 Å². The molecule has 2 aromatic heterocycles. The summed E-state index contributed by atoms with van der Waals surface area (Å²) in [5.74, 6) is 1.68. The van der Waals surface area contributed by atoms with Gasteiger partial charge in [-0.2, -0.15) is 0 Å². The third-order valence-corrected chi connectivity index (χ3v) is 5.51. The highest BCUT2D eigenvalue weighted by Gasteiger charge is 2.22. The molecule has 3 heterocycles. The number of likely N-dealkylation sites (tertiary alicyclic amines) is 1. The number of anilines is 1. The molecular weight excluding hydrogens is 330 g/mol. The Morgan fingerprint density at radius 1 is 1.24 bits per heavy atom. The number of nitrogens with zero attached hydrogens (tertiary/aromatic N) is 2. The highest BCUT2D eigenvalue weighted by Crippen LogP contribution is 2.27. The van der Waals surface area contributed by atoms with Crippen molar-refractivity contribution in [1.29, 1.82) is 0 Å². The molecule has 0 spiro atoms. The Labute approximate surface area is 152 Å². The van der Waals surface area contributed by atoms with Crippen molar-refractivity contribution in [3.8, 4) is 10.8 Å². The van der Waals surface area contributed by atoms with Crippen LogP contribution in [0.1, 0.15) is 24.3 Å². The van der Waals surface area contributed by atoms with Gasteiger partial charge >= 0.3 is 0 Å². The summed E-state index contributed by atoms with van der Waals surface area (Å²) in [6, 6.07) is 15.0. The molecule has 5 heteroatoms. The van der Waals surface area contributed by atoms with Crippen molar-refractivity contribution < 1.29 is 4.42 Å². The summed E-state index contributed by atoms with van der Waals surface area (Å²) >= 11 is 1.67. The number of nitrogens with one attached hydrogen (secondary N) is 1. The molecule has 1 aromatic carbocycles. The number of hydrogen-bond donors (Lipinski definition) is 1. The van der Waals surface area contributed by atoms with E-state index in [2.05, 4.69) is 52.0 Å². The first kappa shape index (κ1) is 16.4. The Morgan fingerprint density at radius 3 is 2.92 bits per heavy atom. The van der Waals surface area contributed by atoms with E-state index in [1.54, 1.807) is 11.3 Å². The maximum atomic E-state index is 5.88. The number of thiophene rings is 1. The van der Waals surface area contributed by atoms with E-state index >= 15 is 0 Å². The molecule has 1 atom stereocenters. The zero-order valence-electron chi connectivity index (χ0n) is 14.4. The van der Waals surface area contributed by atoms with Gasteiger partial charge in [0, 0.05) is 24.8 Å². The number of para-hydroxylation sites is 1. The third-order valence-electron chi connectivity index (χ3n) is 4.65. The maximum Gasteiger partial charge on any atom is 0.236 e. The molecule has 1 fully saturated rings. The minimum atomic E-state index is 0.486. The number of aromatic nitrogens is 1. The SMILES string of the molecule is Cc1oc(-c2cccs2)nc1CN1CCCC(Nc2ccccc2)C1. The molecule has 1 N–H and O–H groups in total. The van der Waals surface area contributed by atoms with Crippen LogP contribution >= 0.6 is 11.3 Å². The fraction of sp³-hybridized carbons (Fsp3) is 0.350. The van der Waals surface area contributed by atoms with Crippen LogP contribution in [0.25, 0.3) is 10.8 Å². The Balaban J connectivity index is 1.41. The molecule has 1 aliphatic heterocycles. The van der Waals surface area contributed by atoms with Crippen molar-refractivity contribution in [3.05, 3.63) is 59.3 Å². The van der Waals surface area contributed by atoms with E-state index in [1.807, 2.05) is 13.0 Å². The van der Waals surface area contributed by atoms with E-state index in [-0.39, 0.29) is 0 Å². The Bertz CT molecular complexity index is 798. The largest absolute Gasteiger partial charge is 0.440 e. The second-order valence-corrected chi connectivity index (χ2v) is 7.53. The van der Waals surface area contributed by atoms with Gasteiger partial charge in [0.1, 0.15) is 5.76 Å². The Kier molecular flexibility index (Phi) is 4.85. The maximum absolute atomic E-state index is 5.88. The highest BCUT2D eigenvalue weighted by molar-refractivity contribution is 7.13. The van der Waals surface area contributed by atoms with Crippen LogP contribution in [0, 0.1) is 6.92 Å². The minimum absolute atomic E-state index is 0.486. The number of rotatable bonds is 5. The van der Waals surface area contributed by atoms with Crippen LogP contribution in [0.3, 0.4) is 0 Å². The quantitative estimate of drug-likeness (QED) is 0.716. The lowest BCUT2D eigenvalue weighted by atomic mass is 10.0. The molecule has 1 unspecified atom stereocenters. The third kappa shape index (κ3) is 3.94. The molecule has 0 saturated carbocycles. The van der Waals surface area contributed by atoms with Gasteiger partial charge in [-0.3, -0.25) is 4.90 Å². The van der Waals surface area contributed by atoms with E-state index in [9.17, 15) is 0 Å². The summed E-state index contributed by atoms with van der Waals surface area (Å²) in [6.45, 7) is 5.03. The van der Waals surface area contributed by atoms with Crippen molar-refractivity contribution >= 4 is 17.0 Å². The second kappa shape index (κ2) is 7.42. The summed E-state index contributed by atoms with van der Waals surface area (Å²) in [6.07, 6.45) is 2.42. The number of piperidine rings is 1. The van der Waals surface area contributed by atoms with Crippen LogP contribution in [0.15, 0.2) is 52.3 Å². The van der Waals surface area contributed by atoms with E-state index in [1.165, 1.54) is 18.5 Å². The average molecular weight is 353 g/mol. The predicted octanol–water partition coefficient (Wildman–Crippen LogP) is 4.79. The van der Waals surface area contributed by atoms with Crippen LogP contribution in [-0.4, -0.2) is 29.0 Å². The van der Waals surface area contributed by atoms with Gasteiger partial charge in [-0.1, -0.05) is 24.3 Å². The molecule has 0 bridgehead atoms. The summed E-state index contributed by atoms with van der Waals surface area (Å²) in [5, 5.41) is 5.71. The molecule has 130 valence electrons. The average Bonchev–Trinajstić information content (AvgIpc) is 3.27. The number of oxazole rings is 1. The second-order valence-electron chi connectivity index (χ2n) is 6.58. The van der Waals surface area contributed by atoms with Gasteiger partial charge in [-0.15, -0.1) is 11.3 Å². The standard InChI is InChI=1S/C20H23N3OS/c1-15-18(22-20(24-15)19-10-6-12-25-19)14-23-11-5-9-17(13-23)21-16-7-3-2-4-8-16/h2-4,6-8,10,12,17,21H,5,9,11,13-14H2,1H3. The van der Waals surface area contributed by atoms with E-state index in [0.29, 0.717) is 6.04 Å². The summed E-state index contributed by atoms with van der Waals surface area (Å²) in [4.78, 5) is 8.31. The minimum Gasteiger partial charge on any atom is -0.440 e. The zero-order valence-corrected chi connectivity index (χ0v) is 15.3. The molecule has 1 saturated heterocycles. The van der Waals surface area contributed by atoms with Crippen LogP contribution in [0.2, 0.25) is 0 Å². The van der Waals surface area contributed by atoms with Crippen molar-refractivity contribution in [2.75, 3.05) is 18.4 Å². The van der Waals surface area contributed by atoms with Gasteiger partial charge in [-0.05, 0) is 49.9 Å².